The normalized spacial score (nSPS) is 20.4. The van der Waals surface area contributed by atoms with Gasteiger partial charge in [-0.05, 0) is 23.8 Å². The van der Waals surface area contributed by atoms with Crippen LogP contribution in [0.15, 0.2) is 42.6 Å². The zero-order valence-corrected chi connectivity index (χ0v) is 14.6. The van der Waals surface area contributed by atoms with E-state index in [2.05, 4.69) is 27.3 Å². The third-order valence-corrected chi connectivity index (χ3v) is 4.65. The summed E-state index contributed by atoms with van der Waals surface area (Å²) in [7, 11) is 1.66. The Morgan fingerprint density at radius 3 is 2.72 bits per heavy atom. The molecule has 2 aromatic rings. The molecule has 6 nitrogen and oxygen atoms in total. The Morgan fingerprint density at radius 1 is 1.32 bits per heavy atom. The Kier molecular flexibility index (Phi) is 5.19. The molecule has 0 radical (unpaired) electrons. The maximum atomic E-state index is 11.6. The zero-order chi connectivity index (χ0) is 17.8. The summed E-state index contributed by atoms with van der Waals surface area (Å²) >= 11 is 0. The van der Waals surface area contributed by atoms with Crippen LogP contribution < -0.4 is 15.8 Å². The standard InChI is InChI=1S/C19H24N4O2/c1-13(24)22-18-12-23(10-15-4-3-9-21-19(15)20)11-17(18)14-5-7-16(25-2)8-6-14/h3-9,17-18H,10-12H2,1-2H3,(H2,20,21)(H,22,24)/t17-,18+/m0/s1. The molecular weight excluding hydrogens is 316 g/mol. The number of aromatic nitrogens is 1. The minimum Gasteiger partial charge on any atom is -0.497 e. The molecule has 0 spiro atoms. The number of pyridine rings is 1. The van der Waals surface area contributed by atoms with E-state index in [1.807, 2.05) is 24.3 Å². The van der Waals surface area contributed by atoms with E-state index in [9.17, 15) is 4.79 Å². The summed E-state index contributed by atoms with van der Waals surface area (Å²) < 4.78 is 5.24. The molecule has 1 aromatic carbocycles. The average Bonchev–Trinajstić information content (AvgIpc) is 2.98. The number of hydrogen-bond donors (Lipinski definition) is 2. The second-order valence-corrected chi connectivity index (χ2v) is 6.43. The minimum absolute atomic E-state index is 0.00810. The monoisotopic (exact) mass is 340 g/mol. The maximum Gasteiger partial charge on any atom is 0.217 e. The number of amides is 1. The van der Waals surface area contributed by atoms with E-state index < -0.39 is 0 Å². The Morgan fingerprint density at radius 2 is 2.08 bits per heavy atom. The first-order valence-corrected chi connectivity index (χ1v) is 8.39. The number of hydrogen-bond acceptors (Lipinski definition) is 5. The molecule has 0 aliphatic carbocycles. The summed E-state index contributed by atoms with van der Waals surface area (Å²) in [6.07, 6.45) is 1.70. The lowest BCUT2D eigenvalue weighted by atomic mass is 9.94. The highest BCUT2D eigenvalue weighted by Crippen LogP contribution is 2.30. The molecule has 1 amide bonds. The van der Waals surface area contributed by atoms with Crippen LogP contribution in [0.25, 0.3) is 0 Å². The van der Waals surface area contributed by atoms with Gasteiger partial charge in [-0.2, -0.15) is 0 Å². The van der Waals surface area contributed by atoms with Crippen molar-refractivity contribution >= 4 is 11.7 Å². The number of carbonyl (C=O) groups is 1. The number of likely N-dealkylation sites (tertiary alicyclic amines) is 1. The highest BCUT2D eigenvalue weighted by atomic mass is 16.5. The van der Waals surface area contributed by atoms with Crippen molar-refractivity contribution in [3.8, 4) is 5.75 Å². The molecule has 1 fully saturated rings. The van der Waals surface area contributed by atoms with Crippen LogP contribution in [0, 0.1) is 0 Å². The fraction of sp³-hybridized carbons (Fsp3) is 0.368. The van der Waals surface area contributed by atoms with Gasteiger partial charge in [0.2, 0.25) is 5.91 Å². The van der Waals surface area contributed by atoms with Gasteiger partial charge in [0.1, 0.15) is 11.6 Å². The second kappa shape index (κ2) is 7.53. The molecule has 0 bridgehead atoms. The number of anilines is 1. The van der Waals surface area contributed by atoms with Gasteiger partial charge in [0, 0.05) is 50.3 Å². The fourth-order valence-corrected chi connectivity index (χ4v) is 3.44. The number of nitrogen functional groups attached to an aromatic ring is 1. The molecular formula is C19H24N4O2. The Labute approximate surface area is 148 Å². The van der Waals surface area contributed by atoms with Gasteiger partial charge < -0.3 is 15.8 Å². The molecule has 3 N–H and O–H groups in total. The van der Waals surface area contributed by atoms with Crippen molar-refractivity contribution in [2.45, 2.75) is 25.4 Å². The molecule has 0 unspecified atom stereocenters. The first-order chi connectivity index (χ1) is 12.1. The molecule has 6 heteroatoms. The van der Waals surface area contributed by atoms with E-state index in [1.54, 1.807) is 20.2 Å². The van der Waals surface area contributed by atoms with Gasteiger partial charge >= 0.3 is 0 Å². The van der Waals surface area contributed by atoms with E-state index in [4.69, 9.17) is 10.5 Å². The third kappa shape index (κ3) is 4.09. The molecule has 0 saturated carbocycles. The number of rotatable bonds is 5. The van der Waals surface area contributed by atoms with Crippen molar-refractivity contribution in [1.82, 2.24) is 15.2 Å². The first kappa shape index (κ1) is 17.2. The number of nitrogens with one attached hydrogen (secondary N) is 1. The number of ether oxygens (including phenoxy) is 1. The highest BCUT2D eigenvalue weighted by molar-refractivity contribution is 5.73. The number of nitrogens with zero attached hydrogens (tertiary/aromatic N) is 2. The van der Waals surface area contributed by atoms with Crippen molar-refractivity contribution in [2.24, 2.45) is 0 Å². The van der Waals surface area contributed by atoms with E-state index >= 15 is 0 Å². The predicted molar refractivity (Wildman–Crippen MR) is 97.3 cm³/mol. The summed E-state index contributed by atoms with van der Waals surface area (Å²) in [5.41, 5.74) is 8.18. The number of carbonyl (C=O) groups excluding carboxylic acids is 1. The lowest BCUT2D eigenvalue weighted by Crippen LogP contribution is -2.38. The Balaban J connectivity index is 1.78. The number of nitrogens with two attached hydrogens (primary N) is 1. The van der Waals surface area contributed by atoms with E-state index in [0.717, 1.165) is 30.9 Å². The van der Waals surface area contributed by atoms with Gasteiger partial charge in [0.05, 0.1) is 7.11 Å². The number of benzene rings is 1. The SMILES string of the molecule is COc1ccc([C@@H]2CN(Cc3cccnc3N)C[C@H]2NC(C)=O)cc1. The summed E-state index contributed by atoms with van der Waals surface area (Å²) in [5, 5.41) is 3.09. The van der Waals surface area contributed by atoms with Crippen molar-refractivity contribution in [3.63, 3.8) is 0 Å². The van der Waals surface area contributed by atoms with Gasteiger partial charge in [-0.1, -0.05) is 18.2 Å². The fourth-order valence-electron chi connectivity index (χ4n) is 3.44. The van der Waals surface area contributed by atoms with Crippen LogP contribution >= 0.6 is 0 Å². The van der Waals surface area contributed by atoms with Gasteiger partial charge in [-0.3, -0.25) is 9.69 Å². The van der Waals surface area contributed by atoms with E-state index in [0.29, 0.717) is 5.82 Å². The predicted octanol–water partition coefficient (Wildman–Crippen LogP) is 1.78. The molecule has 3 rings (SSSR count). The first-order valence-electron chi connectivity index (χ1n) is 8.39. The molecule has 132 valence electrons. The third-order valence-electron chi connectivity index (χ3n) is 4.65. The van der Waals surface area contributed by atoms with Gasteiger partial charge in [0.15, 0.2) is 0 Å². The maximum absolute atomic E-state index is 11.6. The second-order valence-electron chi connectivity index (χ2n) is 6.43. The molecule has 25 heavy (non-hydrogen) atoms. The van der Waals surface area contributed by atoms with Crippen molar-refractivity contribution < 1.29 is 9.53 Å². The molecule has 2 heterocycles. The summed E-state index contributed by atoms with van der Waals surface area (Å²) in [6.45, 7) is 3.92. The van der Waals surface area contributed by atoms with Crippen LogP contribution in [-0.4, -0.2) is 42.0 Å². The van der Waals surface area contributed by atoms with Gasteiger partial charge in [-0.15, -0.1) is 0 Å². The van der Waals surface area contributed by atoms with Crippen LogP contribution in [0.3, 0.4) is 0 Å². The van der Waals surface area contributed by atoms with Crippen LogP contribution in [0.5, 0.6) is 5.75 Å². The lowest BCUT2D eigenvalue weighted by molar-refractivity contribution is -0.119. The van der Waals surface area contributed by atoms with Crippen LogP contribution in [0.4, 0.5) is 5.82 Å². The van der Waals surface area contributed by atoms with Crippen LogP contribution in [0.1, 0.15) is 24.0 Å². The summed E-state index contributed by atoms with van der Waals surface area (Å²) in [4.78, 5) is 18.1. The molecule has 1 aliphatic rings. The largest absolute Gasteiger partial charge is 0.497 e. The zero-order valence-electron chi connectivity index (χ0n) is 14.6. The Bertz CT molecular complexity index is 732. The summed E-state index contributed by atoms with van der Waals surface area (Å²) in [6, 6.07) is 12.0. The lowest BCUT2D eigenvalue weighted by Gasteiger charge is -2.19. The minimum atomic E-state index is -0.00810. The van der Waals surface area contributed by atoms with Crippen molar-refractivity contribution in [2.75, 3.05) is 25.9 Å². The highest BCUT2D eigenvalue weighted by Gasteiger charge is 2.34. The molecule has 1 aromatic heterocycles. The van der Waals surface area contributed by atoms with Crippen molar-refractivity contribution in [3.05, 3.63) is 53.7 Å². The average molecular weight is 340 g/mol. The molecule has 2 atom stereocenters. The molecule has 1 saturated heterocycles. The van der Waals surface area contributed by atoms with Crippen LogP contribution in [-0.2, 0) is 11.3 Å². The topological polar surface area (TPSA) is 80.5 Å². The smallest absolute Gasteiger partial charge is 0.217 e. The molecule has 1 aliphatic heterocycles. The number of methoxy groups -OCH3 is 1. The quantitative estimate of drug-likeness (QED) is 0.867. The van der Waals surface area contributed by atoms with Crippen molar-refractivity contribution in [1.29, 1.82) is 0 Å². The van der Waals surface area contributed by atoms with Crippen LogP contribution in [0.2, 0.25) is 0 Å². The Hall–Kier alpha value is -2.60. The van der Waals surface area contributed by atoms with Gasteiger partial charge in [0.25, 0.3) is 0 Å². The van der Waals surface area contributed by atoms with E-state index in [1.165, 1.54) is 5.56 Å². The van der Waals surface area contributed by atoms with E-state index in [-0.39, 0.29) is 17.9 Å². The summed E-state index contributed by atoms with van der Waals surface area (Å²) in [5.74, 6) is 1.61. The van der Waals surface area contributed by atoms with Gasteiger partial charge in [-0.25, -0.2) is 4.98 Å².